The van der Waals surface area contributed by atoms with Crippen LogP contribution in [0, 0.1) is 5.41 Å². The molecule has 1 aliphatic heterocycles. The number of piperidine rings is 1. The Morgan fingerprint density at radius 1 is 1.03 bits per heavy atom. The van der Waals surface area contributed by atoms with E-state index in [9.17, 15) is 9.59 Å². The number of nitrogens with zero attached hydrogens (tertiary/aromatic N) is 2. The van der Waals surface area contributed by atoms with Gasteiger partial charge in [0.25, 0.3) is 5.91 Å². The minimum absolute atomic E-state index is 0.0205. The Labute approximate surface area is 177 Å². The van der Waals surface area contributed by atoms with E-state index in [1.165, 1.54) is 18.4 Å². The number of rotatable bonds is 5. The summed E-state index contributed by atoms with van der Waals surface area (Å²) < 4.78 is 0. The molecule has 2 aromatic rings. The van der Waals surface area contributed by atoms with Gasteiger partial charge < -0.3 is 10.2 Å². The molecule has 30 heavy (non-hydrogen) atoms. The molecular formula is C25H29N3O2. The number of likely N-dealkylation sites (tertiary alicyclic amines) is 1. The molecule has 3 atom stereocenters. The Morgan fingerprint density at radius 3 is 2.40 bits per heavy atom. The zero-order valence-corrected chi connectivity index (χ0v) is 17.5. The van der Waals surface area contributed by atoms with Gasteiger partial charge in [-0.3, -0.25) is 14.6 Å². The number of aromatic nitrogens is 1. The Morgan fingerprint density at radius 2 is 1.77 bits per heavy atom. The van der Waals surface area contributed by atoms with Crippen molar-refractivity contribution in [2.24, 2.45) is 5.41 Å². The largest absolute Gasteiger partial charge is 0.341 e. The van der Waals surface area contributed by atoms with Gasteiger partial charge in [-0.15, -0.1) is 0 Å². The monoisotopic (exact) mass is 403 g/mol. The van der Waals surface area contributed by atoms with Crippen LogP contribution < -0.4 is 5.32 Å². The lowest BCUT2D eigenvalue weighted by Crippen LogP contribution is -2.49. The van der Waals surface area contributed by atoms with Gasteiger partial charge in [-0.05, 0) is 68.1 Å². The fourth-order valence-electron chi connectivity index (χ4n) is 4.84. The van der Waals surface area contributed by atoms with Crippen LogP contribution in [-0.2, 0) is 4.79 Å². The Bertz CT molecular complexity index is 927. The number of amides is 2. The van der Waals surface area contributed by atoms with E-state index in [-0.39, 0.29) is 11.8 Å². The number of pyridine rings is 1. The van der Waals surface area contributed by atoms with Crippen LogP contribution in [0.5, 0.6) is 0 Å². The van der Waals surface area contributed by atoms with Crippen LogP contribution in [0.15, 0.2) is 48.7 Å². The summed E-state index contributed by atoms with van der Waals surface area (Å²) in [5.41, 5.74) is 3.43. The normalized spacial score (nSPS) is 24.9. The molecule has 1 spiro atoms. The van der Waals surface area contributed by atoms with Crippen molar-refractivity contribution in [2.45, 2.75) is 56.9 Å². The summed E-state index contributed by atoms with van der Waals surface area (Å²) in [6, 6.07) is 13.8. The third kappa shape index (κ3) is 3.85. The van der Waals surface area contributed by atoms with Gasteiger partial charge in [0, 0.05) is 30.9 Å². The number of nitrogens with one attached hydrogen (secondary N) is 1. The topological polar surface area (TPSA) is 62.3 Å². The van der Waals surface area contributed by atoms with Gasteiger partial charge in [-0.2, -0.15) is 0 Å². The number of carbonyl (C=O) groups is 2. The van der Waals surface area contributed by atoms with E-state index in [4.69, 9.17) is 0 Å². The molecule has 3 fully saturated rings. The number of hydrogen-bond acceptors (Lipinski definition) is 3. The van der Waals surface area contributed by atoms with Crippen molar-refractivity contribution in [3.63, 3.8) is 0 Å². The van der Waals surface area contributed by atoms with E-state index in [0.29, 0.717) is 22.8 Å². The summed E-state index contributed by atoms with van der Waals surface area (Å²) in [7, 11) is 0. The van der Waals surface area contributed by atoms with Crippen LogP contribution in [0.4, 0.5) is 0 Å². The van der Waals surface area contributed by atoms with Crippen molar-refractivity contribution in [3.8, 4) is 0 Å². The third-order valence-electron chi connectivity index (χ3n) is 7.26. The molecule has 156 valence electrons. The quantitative estimate of drug-likeness (QED) is 0.824. The second-order valence-electron chi connectivity index (χ2n) is 9.35. The maximum absolute atomic E-state index is 12.7. The maximum Gasteiger partial charge on any atom is 0.253 e. The molecule has 5 heteroatoms. The van der Waals surface area contributed by atoms with Crippen molar-refractivity contribution in [3.05, 3.63) is 65.5 Å². The highest BCUT2D eigenvalue weighted by Gasteiger charge is 2.45. The first-order valence-corrected chi connectivity index (χ1v) is 11.2. The summed E-state index contributed by atoms with van der Waals surface area (Å²) >= 11 is 0. The van der Waals surface area contributed by atoms with Gasteiger partial charge >= 0.3 is 0 Å². The van der Waals surface area contributed by atoms with Crippen LogP contribution in [0.3, 0.4) is 0 Å². The minimum Gasteiger partial charge on any atom is -0.341 e. The minimum atomic E-state index is -0.517. The first-order chi connectivity index (χ1) is 14.5. The molecule has 0 bridgehead atoms. The molecule has 3 aliphatic rings. The Balaban J connectivity index is 1.15. The zero-order chi connectivity index (χ0) is 20.7. The van der Waals surface area contributed by atoms with Gasteiger partial charge in [0.2, 0.25) is 5.91 Å². The fourth-order valence-corrected chi connectivity index (χ4v) is 4.84. The van der Waals surface area contributed by atoms with Gasteiger partial charge in [0.05, 0.1) is 5.56 Å². The number of carbonyl (C=O) groups excluding carboxylic acids is 2. The average molecular weight is 404 g/mol. The van der Waals surface area contributed by atoms with Crippen molar-refractivity contribution in [1.29, 1.82) is 0 Å². The zero-order valence-electron chi connectivity index (χ0n) is 17.5. The standard InChI is InChI=1S/C25H29N3O2/c1-17(24(30)28-13-11-25(9-10-25)12-14-28)27-23(29)19-7-8-22(26-16-19)21-15-20(21)18-5-3-2-4-6-18/h2-8,16-17,20-21H,9-15H2,1H3,(H,27,29)/t17-,20+,21?/m1/s1. The highest BCUT2D eigenvalue weighted by molar-refractivity contribution is 5.97. The summed E-state index contributed by atoms with van der Waals surface area (Å²) in [4.78, 5) is 31.8. The van der Waals surface area contributed by atoms with Crippen molar-refractivity contribution < 1.29 is 9.59 Å². The van der Waals surface area contributed by atoms with Gasteiger partial charge in [0.1, 0.15) is 6.04 Å². The summed E-state index contributed by atoms with van der Waals surface area (Å²) in [6.45, 7) is 3.41. The second kappa shape index (κ2) is 7.53. The lowest BCUT2D eigenvalue weighted by Gasteiger charge is -2.33. The first kappa shape index (κ1) is 19.3. The molecule has 0 radical (unpaired) electrons. The molecular weight excluding hydrogens is 374 g/mol. The van der Waals surface area contributed by atoms with Gasteiger partial charge in [-0.1, -0.05) is 30.3 Å². The second-order valence-corrected chi connectivity index (χ2v) is 9.35. The SMILES string of the molecule is C[C@@H](NC(=O)c1ccc(C2C[C@H]2c2ccccc2)nc1)C(=O)N1CCC2(CC1)CC2. The molecule has 2 aliphatic carbocycles. The highest BCUT2D eigenvalue weighted by Crippen LogP contribution is 2.54. The lowest BCUT2D eigenvalue weighted by atomic mass is 9.93. The molecule has 5 rings (SSSR count). The average Bonchev–Trinajstić information content (AvgIpc) is 3.71. The Hall–Kier alpha value is -2.69. The smallest absolute Gasteiger partial charge is 0.253 e. The fraction of sp³-hybridized carbons (Fsp3) is 0.480. The Kier molecular flexibility index (Phi) is 4.84. The number of hydrogen-bond donors (Lipinski definition) is 1. The number of benzene rings is 1. The van der Waals surface area contributed by atoms with Crippen LogP contribution in [0.2, 0.25) is 0 Å². The van der Waals surface area contributed by atoms with Crippen LogP contribution >= 0.6 is 0 Å². The van der Waals surface area contributed by atoms with E-state index < -0.39 is 6.04 Å². The summed E-state index contributed by atoms with van der Waals surface area (Å²) in [5, 5.41) is 2.86. The van der Waals surface area contributed by atoms with E-state index in [1.54, 1.807) is 13.1 Å². The molecule has 2 amide bonds. The molecule has 5 nitrogen and oxygen atoms in total. The van der Waals surface area contributed by atoms with E-state index in [2.05, 4.69) is 34.6 Å². The summed E-state index contributed by atoms with van der Waals surface area (Å²) in [6.07, 6.45) is 7.59. The van der Waals surface area contributed by atoms with Crippen molar-refractivity contribution in [2.75, 3.05) is 13.1 Å². The van der Waals surface area contributed by atoms with Crippen molar-refractivity contribution in [1.82, 2.24) is 15.2 Å². The molecule has 1 saturated heterocycles. The lowest BCUT2D eigenvalue weighted by molar-refractivity contribution is -0.134. The highest BCUT2D eigenvalue weighted by atomic mass is 16.2. The molecule has 2 saturated carbocycles. The summed E-state index contributed by atoms with van der Waals surface area (Å²) in [5.74, 6) is 0.738. The molecule has 1 unspecified atom stereocenters. The predicted octanol–water partition coefficient (Wildman–Crippen LogP) is 3.87. The predicted molar refractivity (Wildman–Crippen MR) is 115 cm³/mol. The van der Waals surface area contributed by atoms with E-state index in [0.717, 1.165) is 38.0 Å². The maximum atomic E-state index is 12.7. The van der Waals surface area contributed by atoms with Crippen molar-refractivity contribution >= 4 is 11.8 Å². The molecule has 1 N–H and O–H groups in total. The first-order valence-electron chi connectivity index (χ1n) is 11.2. The molecule has 1 aromatic heterocycles. The van der Waals surface area contributed by atoms with Crippen LogP contribution in [0.1, 0.15) is 72.5 Å². The van der Waals surface area contributed by atoms with E-state index in [1.807, 2.05) is 23.1 Å². The third-order valence-corrected chi connectivity index (χ3v) is 7.26. The van der Waals surface area contributed by atoms with E-state index >= 15 is 0 Å². The molecule has 2 heterocycles. The van der Waals surface area contributed by atoms with Crippen LogP contribution in [-0.4, -0.2) is 40.8 Å². The van der Waals surface area contributed by atoms with Gasteiger partial charge in [-0.25, -0.2) is 0 Å². The molecule has 1 aromatic carbocycles. The van der Waals surface area contributed by atoms with Gasteiger partial charge in [0.15, 0.2) is 0 Å². The van der Waals surface area contributed by atoms with Crippen LogP contribution in [0.25, 0.3) is 0 Å².